The molecule has 0 aromatic carbocycles. The van der Waals surface area contributed by atoms with E-state index in [-0.39, 0.29) is 5.91 Å². The molecular weight excluding hydrogens is 256 g/mol. The van der Waals surface area contributed by atoms with Crippen molar-refractivity contribution < 1.29 is 14.3 Å². The van der Waals surface area contributed by atoms with Crippen LogP contribution in [0.4, 0.5) is 0 Å². The summed E-state index contributed by atoms with van der Waals surface area (Å²) in [6.07, 6.45) is 4.33. The Labute approximate surface area is 119 Å². The van der Waals surface area contributed by atoms with Crippen LogP contribution in [0.2, 0.25) is 0 Å². The standard InChI is InChI=1S/C15H22N2O3/c1-11(14(19)20-15(2,3)4)17-13(18)6-5-12-7-9-16-10-8-12/h7-11H,5-6H2,1-4H3,(H,17,18)/t11-/m0/s1. The van der Waals surface area contributed by atoms with E-state index >= 15 is 0 Å². The number of hydrogen-bond acceptors (Lipinski definition) is 4. The maximum atomic E-state index is 11.8. The SMILES string of the molecule is C[C@H](NC(=O)CCc1ccncc1)C(=O)OC(C)(C)C. The van der Waals surface area contributed by atoms with E-state index in [1.807, 2.05) is 12.1 Å². The van der Waals surface area contributed by atoms with Gasteiger partial charge in [-0.15, -0.1) is 0 Å². The van der Waals surface area contributed by atoms with E-state index in [1.165, 1.54) is 0 Å². The van der Waals surface area contributed by atoms with Crippen molar-refractivity contribution in [3.63, 3.8) is 0 Å². The molecule has 0 saturated carbocycles. The number of amides is 1. The molecule has 20 heavy (non-hydrogen) atoms. The lowest BCUT2D eigenvalue weighted by atomic mass is 10.1. The predicted molar refractivity (Wildman–Crippen MR) is 76.0 cm³/mol. The molecule has 1 amide bonds. The Balaban J connectivity index is 2.36. The molecule has 110 valence electrons. The number of pyridine rings is 1. The van der Waals surface area contributed by atoms with Crippen LogP contribution in [-0.4, -0.2) is 28.5 Å². The summed E-state index contributed by atoms with van der Waals surface area (Å²) in [6, 6.07) is 3.09. The largest absolute Gasteiger partial charge is 0.458 e. The number of carbonyl (C=O) groups is 2. The second kappa shape index (κ2) is 7.03. The minimum atomic E-state index is -0.640. The average molecular weight is 278 g/mol. The van der Waals surface area contributed by atoms with Gasteiger partial charge in [0.25, 0.3) is 0 Å². The van der Waals surface area contributed by atoms with E-state index in [4.69, 9.17) is 4.74 Å². The summed E-state index contributed by atoms with van der Waals surface area (Å²) in [4.78, 5) is 27.4. The van der Waals surface area contributed by atoms with Gasteiger partial charge in [0, 0.05) is 18.8 Å². The first-order chi connectivity index (χ1) is 9.28. The van der Waals surface area contributed by atoms with Gasteiger partial charge in [0.1, 0.15) is 11.6 Å². The van der Waals surface area contributed by atoms with Crippen LogP contribution in [0.15, 0.2) is 24.5 Å². The van der Waals surface area contributed by atoms with Gasteiger partial charge in [-0.2, -0.15) is 0 Å². The van der Waals surface area contributed by atoms with Gasteiger partial charge in [0.15, 0.2) is 0 Å². The number of esters is 1. The van der Waals surface area contributed by atoms with Gasteiger partial charge < -0.3 is 10.1 Å². The fourth-order valence-corrected chi connectivity index (χ4v) is 1.57. The van der Waals surface area contributed by atoms with Crippen molar-refractivity contribution in [3.05, 3.63) is 30.1 Å². The molecule has 0 unspecified atom stereocenters. The van der Waals surface area contributed by atoms with Crippen molar-refractivity contribution >= 4 is 11.9 Å². The summed E-state index contributed by atoms with van der Waals surface area (Å²) in [5.41, 5.74) is 0.493. The molecule has 0 aliphatic rings. The zero-order valence-corrected chi connectivity index (χ0v) is 12.5. The first kappa shape index (κ1) is 16.1. The molecular formula is C15H22N2O3. The molecule has 0 saturated heterocycles. The number of aromatic nitrogens is 1. The normalized spacial score (nSPS) is 12.6. The monoisotopic (exact) mass is 278 g/mol. The van der Waals surface area contributed by atoms with E-state index in [9.17, 15) is 9.59 Å². The molecule has 0 radical (unpaired) electrons. The van der Waals surface area contributed by atoms with Crippen molar-refractivity contribution in [2.24, 2.45) is 0 Å². The molecule has 5 heteroatoms. The highest BCUT2D eigenvalue weighted by atomic mass is 16.6. The van der Waals surface area contributed by atoms with Crippen LogP contribution in [0.3, 0.4) is 0 Å². The Morgan fingerprint density at radius 2 is 1.90 bits per heavy atom. The lowest BCUT2D eigenvalue weighted by molar-refractivity contribution is -0.158. The third-order valence-electron chi connectivity index (χ3n) is 2.53. The number of nitrogens with zero attached hydrogens (tertiary/aromatic N) is 1. The first-order valence-corrected chi connectivity index (χ1v) is 6.69. The van der Waals surface area contributed by atoms with Crippen molar-refractivity contribution in [1.82, 2.24) is 10.3 Å². The lowest BCUT2D eigenvalue weighted by Crippen LogP contribution is -2.42. The molecule has 0 bridgehead atoms. The number of ether oxygens (including phenoxy) is 1. The second-order valence-corrected chi connectivity index (χ2v) is 5.68. The van der Waals surface area contributed by atoms with Crippen LogP contribution in [0.1, 0.15) is 39.7 Å². The molecule has 5 nitrogen and oxygen atoms in total. The first-order valence-electron chi connectivity index (χ1n) is 6.69. The molecule has 1 N–H and O–H groups in total. The number of rotatable bonds is 5. The van der Waals surface area contributed by atoms with E-state index in [2.05, 4.69) is 10.3 Å². The summed E-state index contributed by atoms with van der Waals surface area (Å²) < 4.78 is 5.20. The maximum absolute atomic E-state index is 11.8. The summed E-state index contributed by atoms with van der Waals surface area (Å²) >= 11 is 0. The fraction of sp³-hybridized carbons (Fsp3) is 0.533. The van der Waals surface area contributed by atoms with Gasteiger partial charge in [0.2, 0.25) is 5.91 Å². The Hall–Kier alpha value is -1.91. The quantitative estimate of drug-likeness (QED) is 0.835. The highest BCUT2D eigenvalue weighted by Crippen LogP contribution is 2.08. The summed E-state index contributed by atoms with van der Waals surface area (Å²) in [5.74, 6) is -0.588. The Kier molecular flexibility index (Phi) is 5.67. The third kappa shape index (κ3) is 6.31. The van der Waals surface area contributed by atoms with Gasteiger partial charge in [-0.1, -0.05) is 0 Å². The second-order valence-electron chi connectivity index (χ2n) is 5.68. The Morgan fingerprint density at radius 1 is 1.30 bits per heavy atom. The zero-order chi connectivity index (χ0) is 15.2. The van der Waals surface area contributed by atoms with Gasteiger partial charge in [-0.05, 0) is 51.8 Å². The molecule has 1 atom stereocenters. The summed E-state index contributed by atoms with van der Waals surface area (Å²) in [5, 5.41) is 2.64. The zero-order valence-electron chi connectivity index (χ0n) is 12.5. The molecule has 0 fully saturated rings. The number of nitrogens with one attached hydrogen (secondary N) is 1. The topological polar surface area (TPSA) is 68.3 Å². The highest BCUT2D eigenvalue weighted by molar-refractivity contribution is 5.84. The van der Waals surface area contributed by atoms with Crippen LogP contribution >= 0.6 is 0 Å². The van der Waals surface area contributed by atoms with Crippen LogP contribution < -0.4 is 5.32 Å². The molecule has 0 aliphatic heterocycles. The summed E-state index contributed by atoms with van der Waals surface area (Å²) in [6.45, 7) is 7.01. The maximum Gasteiger partial charge on any atom is 0.328 e. The van der Waals surface area contributed by atoms with E-state index in [0.29, 0.717) is 12.8 Å². The van der Waals surface area contributed by atoms with Gasteiger partial charge in [-0.25, -0.2) is 4.79 Å². The molecule has 0 spiro atoms. The average Bonchev–Trinajstić information content (AvgIpc) is 2.35. The van der Waals surface area contributed by atoms with Crippen molar-refractivity contribution in [3.8, 4) is 0 Å². The molecule has 0 aliphatic carbocycles. The minimum absolute atomic E-state index is 0.167. The van der Waals surface area contributed by atoms with E-state index in [0.717, 1.165) is 5.56 Å². The molecule has 1 aromatic rings. The van der Waals surface area contributed by atoms with Gasteiger partial charge in [-0.3, -0.25) is 9.78 Å². The number of hydrogen-bond donors (Lipinski definition) is 1. The van der Waals surface area contributed by atoms with Crippen LogP contribution in [0.5, 0.6) is 0 Å². The molecule has 1 rings (SSSR count). The fourth-order valence-electron chi connectivity index (χ4n) is 1.57. The predicted octanol–water partition coefficient (Wildman–Crippen LogP) is 1.86. The van der Waals surface area contributed by atoms with Gasteiger partial charge >= 0.3 is 5.97 Å². The lowest BCUT2D eigenvalue weighted by Gasteiger charge is -2.22. The molecule has 1 heterocycles. The number of carbonyl (C=O) groups excluding carboxylic acids is 2. The van der Waals surface area contributed by atoms with E-state index in [1.54, 1.807) is 40.1 Å². The third-order valence-corrected chi connectivity index (χ3v) is 2.53. The van der Waals surface area contributed by atoms with Crippen molar-refractivity contribution in [2.45, 2.75) is 52.2 Å². The van der Waals surface area contributed by atoms with Crippen LogP contribution in [0, 0.1) is 0 Å². The van der Waals surface area contributed by atoms with Crippen LogP contribution in [0.25, 0.3) is 0 Å². The van der Waals surface area contributed by atoms with Gasteiger partial charge in [0.05, 0.1) is 0 Å². The van der Waals surface area contributed by atoms with E-state index < -0.39 is 17.6 Å². The Bertz CT molecular complexity index is 452. The van der Waals surface area contributed by atoms with Crippen molar-refractivity contribution in [1.29, 1.82) is 0 Å². The molecule has 1 aromatic heterocycles. The Morgan fingerprint density at radius 3 is 2.45 bits per heavy atom. The summed E-state index contributed by atoms with van der Waals surface area (Å²) in [7, 11) is 0. The van der Waals surface area contributed by atoms with Crippen molar-refractivity contribution in [2.75, 3.05) is 0 Å². The number of aryl methyl sites for hydroxylation is 1. The highest BCUT2D eigenvalue weighted by Gasteiger charge is 2.22. The minimum Gasteiger partial charge on any atom is -0.458 e. The van der Waals surface area contributed by atoms with Crippen LogP contribution in [-0.2, 0) is 20.7 Å². The smallest absolute Gasteiger partial charge is 0.328 e.